The van der Waals surface area contributed by atoms with Crippen molar-refractivity contribution in [2.24, 2.45) is 5.92 Å². The van der Waals surface area contributed by atoms with Crippen LogP contribution in [0.4, 0.5) is 8.78 Å². The molecule has 0 aromatic heterocycles. The van der Waals surface area contributed by atoms with Gasteiger partial charge in [-0.2, -0.15) is 0 Å². The van der Waals surface area contributed by atoms with Crippen LogP contribution < -0.4 is 4.74 Å². The molecule has 4 heteroatoms. The number of hydrogen-bond donors (Lipinski definition) is 0. The first-order valence-corrected chi connectivity index (χ1v) is 7.74. The molecule has 2 rings (SSSR count). The van der Waals surface area contributed by atoms with Crippen molar-refractivity contribution in [2.75, 3.05) is 0 Å². The second-order valence-electron chi connectivity index (χ2n) is 5.90. The zero-order chi connectivity index (χ0) is 16.8. The Kier molecular flexibility index (Phi) is 6.11. The van der Waals surface area contributed by atoms with E-state index < -0.39 is 11.6 Å². The van der Waals surface area contributed by atoms with Gasteiger partial charge in [0.15, 0.2) is 11.6 Å². The molecule has 0 heterocycles. The number of ether oxygens (including phenoxy) is 2. The molecule has 0 bridgehead atoms. The molecule has 2 aromatic carbocycles. The first-order valence-electron chi connectivity index (χ1n) is 7.74. The Balaban J connectivity index is 2.01. The lowest BCUT2D eigenvalue weighted by molar-refractivity contribution is -0.0536. The van der Waals surface area contributed by atoms with Crippen LogP contribution >= 0.6 is 0 Å². The largest absolute Gasteiger partial charge is 0.485 e. The molecule has 23 heavy (non-hydrogen) atoms. The first kappa shape index (κ1) is 17.4. The maximum Gasteiger partial charge on any atom is 0.167 e. The average molecular weight is 320 g/mol. The zero-order valence-corrected chi connectivity index (χ0v) is 13.6. The van der Waals surface area contributed by atoms with Crippen LogP contribution in [-0.2, 0) is 11.3 Å². The van der Waals surface area contributed by atoms with Crippen molar-refractivity contribution < 1.29 is 18.3 Å². The van der Waals surface area contributed by atoms with Crippen LogP contribution in [0.3, 0.4) is 0 Å². The highest BCUT2D eigenvalue weighted by atomic mass is 19.1. The van der Waals surface area contributed by atoms with Crippen molar-refractivity contribution in [3.8, 4) is 5.75 Å². The third-order valence-electron chi connectivity index (χ3n) is 3.61. The predicted molar refractivity (Wildman–Crippen MR) is 86.3 cm³/mol. The van der Waals surface area contributed by atoms with Crippen LogP contribution in [0.2, 0.25) is 0 Å². The lowest BCUT2D eigenvalue weighted by Gasteiger charge is -2.28. The van der Waals surface area contributed by atoms with Crippen LogP contribution in [0.1, 0.15) is 26.3 Å². The van der Waals surface area contributed by atoms with Crippen LogP contribution in [-0.4, -0.2) is 12.2 Å². The van der Waals surface area contributed by atoms with Crippen molar-refractivity contribution in [2.45, 2.75) is 39.6 Å². The summed E-state index contributed by atoms with van der Waals surface area (Å²) in [6.45, 7) is 6.34. The van der Waals surface area contributed by atoms with Gasteiger partial charge in [0.05, 0.1) is 12.7 Å². The van der Waals surface area contributed by atoms with Gasteiger partial charge in [-0.15, -0.1) is 0 Å². The second-order valence-corrected chi connectivity index (χ2v) is 5.90. The molecule has 124 valence electrons. The van der Waals surface area contributed by atoms with Crippen molar-refractivity contribution in [3.63, 3.8) is 0 Å². The molecule has 0 radical (unpaired) electrons. The number of benzene rings is 2. The number of rotatable bonds is 7. The molecule has 0 unspecified atom stereocenters. The maximum atomic E-state index is 13.7. The Morgan fingerprint density at radius 1 is 0.957 bits per heavy atom. The van der Waals surface area contributed by atoms with Gasteiger partial charge in [-0.1, -0.05) is 44.2 Å². The zero-order valence-electron chi connectivity index (χ0n) is 13.6. The van der Waals surface area contributed by atoms with Crippen LogP contribution in [0.5, 0.6) is 5.75 Å². The number of halogens is 2. The monoisotopic (exact) mass is 320 g/mol. The summed E-state index contributed by atoms with van der Waals surface area (Å²) in [5.74, 6) is -1.10. The quantitative estimate of drug-likeness (QED) is 0.717. The van der Waals surface area contributed by atoms with Crippen molar-refractivity contribution >= 4 is 0 Å². The summed E-state index contributed by atoms with van der Waals surface area (Å²) < 4.78 is 38.3. The van der Waals surface area contributed by atoms with Gasteiger partial charge in [0.1, 0.15) is 11.9 Å². The molecular formula is C19H22F2O2. The minimum atomic E-state index is -0.706. The molecule has 2 atom stereocenters. The van der Waals surface area contributed by atoms with E-state index in [9.17, 15) is 8.78 Å². The summed E-state index contributed by atoms with van der Waals surface area (Å²) in [4.78, 5) is 0. The van der Waals surface area contributed by atoms with E-state index in [-0.39, 0.29) is 23.9 Å². The molecule has 0 N–H and O–H groups in total. The molecular weight excluding hydrogens is 298 g/mol. The minimum Gasteiger partial charge on any atom is -0.485 e. The van der Waals surface area contributed by atoms with Gasteiger partial charge in [0.25, 0.3) is 0 Å². The van der Waals surface area contributed by atoms with Gasteiger partial charge in [-0.3, -0.25) is 0 Å². The van der Waals surface area contributed by atoms with Crippen LogP contribution in [0.15, 0.2) is 48.5 Å². The van der Waals surface area contributed by atoms with E-state index in [0.717, 1.165) is 11.6 Å². The average Bonchev–Trinajstić information content (AvgIpc) is 2.51. The molecule has 2 aromatic rings. The second kappa shape index (κ2) is 8.06. The SMILES string of the molecule is CC(C)[C@@H](OCc1ccccc1)[C@H](C)Oc1ccc(F)cc1F. The molecule has 0 aliphatic carbocycles. The molecule has 0 aliphatic heterocycles. The highest BCUT2D eigenvalue weighted by Crippen LogP contribution is 2.23. The first-order chi connectivity index (χ1) is 11.0. The summed E-state index contributed by atoms with van der Waals surface area (Å²) in [6, 6.07) is 13.1. The fourth-order valence-electron chi connectivity index (χ4n) is 2.47. The molecule has 0 fully saturated rings. The van der Waals surface area contributed by atoms with E-state index in [0.29, 0.717) is 6.61 Å². The Morgan fingerprint density at radius 3 is 2.26 bits per heavy atom. The molecule has 0 saturated heterocycles. The van der Waals surface area contributed by atoms with E-state index in [2.05, 4.69) is 0 Å². The lowest BCUT2D eigenvalue weighted by atomic mass is 10.0. The van der Waals surface area contributed by atoms with Crippen molar-refractivity contribution in [1.82, 2.24) is 0 Å². The Hall–Kier alpha value is -1.94. The summed E-state index contributed by atoms with van der Waals surface area (Å²) in [7, 11) is 0. The Bertz CT molecular complexity index is 614. The van der Waals surface area contributed by atoms with Crippen molar-refractivity contribution in [1.29, 1.82) is 0 Å². The third-order valence-corrected chi connectivity index (χ3v) is 3.61. The van der Waals surface area contributed by atoms with Gasteiger partial charge in [-0.05, 0) is 30.5 Å². The van der Waals surface area contributed by atoms with Gasteiger partial charge in [0.2, 0.25) is 0 Å². The van der Waals surface area contributed by atoms with Crippen LogP contribution in [0.25, 0.3) is 0 Å². The molecule has 0 saturated carbocycles. The summed E-state index contributed by atoms with van der Waals surface area (Å²) in [6.07, 6.45) is -0.571. The van der Waals surface area contributed by atoms with Crippen LogP contribution in [0, 0.1) is 17.6 Å². The smallest absolute Gasteiger partial charge is 0.167 e. The Labute approximate surface area is 136 Å². The standard InChI is InChI=1S/C19H22F2O2/c1-13(2)19(22-12-15-7-5-4-6-8-15)14(3)23-18-10-9-16(20)11-17(18)21/h4-11,13-14,19H,12H2,1-3H3/t14-,19+/m0/s1. The fourth-order valence-corrected chi connectivity index (χ4v) is 2.47. The molecule has 0 amide bonds. The lowest BCUT2D eigenvalue weighted by Crippen LogP contribution is -2.36. The highest BCUT2D eigenvalue weighted by Gasteiger charge is 2.24. The molecule has 0 spiro atoms. The minimum absolute atomic E-state index is 0.0351. The number of hydrogen-bond acceptors (Lipinski definition) is 2. The fraction of sp³-hybridized carbons (Fsp3) is 0.368. The third kappa shape index (κ3) is 5.03. The van der Waals surface area contributed by atoms with Gasteiger partial charge >= 0.3 is 0 Å². The summed E-state index contributed by atoms with van der Waals surface area (Å²) >= 11 is 0. The van der Waals surface area contributed by atoms with E-state index in [4.69, 9.17) is 9.47 Å². The van der Waals surface area contributed by atoms with Gasteiger partial charge in [0, 0.05) is 6.07 Å². The van der Waals surface area contributed by atoms with E-state index in [1.165, 1.54) is 12.1 Å². The maximum absolute atomic E-state index is 13.7. The molecule has 2 nitrogen and oxygen atoms in total. The highest BCUT2D eigenvalue weighted by molar-refractivity contribution is 5.25. The van der Waals surface area contributed by atoms with E-state index in [1.807, 2.05) is 51.1 Å². The van der Waals surface area contributed by atoms with Crippen molar-refractivity contribution in [3.05, 3.63) is 65.7 Å². The van der Waals surface area contributed by atoms with Gasteiger partial charge in [-0.25, -0.2) is 8.78 Å². The topological polar surface area (TPSA) is 18.5 Å². The molecule has 0 aliphatic rings. The van der Waals surface area contributed by atoms with E-state index >= 15 is 0 Å². The Morgan fingerprint density at radius 2 is 1.65 bits per heavy atom. The normalized spacial score (nSPS) is 13.8. The summed E-state index contributed by atoms with van der Waals surface area (Å²) in [5, 5.41) is 0. The van der Waals surface area contributed by atoms with E-state index in [1.54, 1.807) is 0 Å². The summed E-state index contributed by atoms with van der Waals surface area (Å²) in [5.41, 5.74) is 1.07. The van der Waals surface area contributed by atoms with Gasteiger partial charge < -0.3 is 9.47 Å². The predicted octanol–water partition coefficient (Wildman–Crippen LogP) is 4.97.